The highest BCUT2D eigenvalue weighted by molar-refractivity contribution is 8.00. The number of ketones is 1. The van der Waals surface area contributed by atoms with Gasteiger partial charge in [-0.1, -0.05) is 12.1 Å². The Morgan fingerprint density at radius 3 is 2.54 bits per heavy atom. The fraction of sp³-hybridized carbons (Fsp3) is 0.500. The van der Waals surface area contributed by atoms with Crippen molar-refractivity contribution in [3.8, 4) is 5.75 Å². The van der Waals surface area contributed by atoms with E-state index in [2.05, 4.69) is 5.32 Å². The summed E-state index contributed by atoms with van der Waals surface area (Å²) in [5.41, 5.74) is -1.29. The summed E-state index contributed by atoms with van der Waals surface area (Å²) in [6.07, 6.45) is -0.134. The molecule has 0 saturated carbocycles. The average molecular weight is 381 g/mol. The summed E-state index contributed by atoms with van der Waals surface area (Å²) in [5.74, 6) is -0.414. The quantitative estimate of drug-likeness (QED) is 0.680. The maximum absolute atomic E-state index is 12.6. The van der Waals surface area contributed by atoms with Crippen molar-refractivity contribution < 1.29 is 29.0 Å². The number of esters is 1. The number of carbonyl (C=O) groups excluding carboxylic acids is 3. The summed E-state index contributed by atoms with van der Waals surface area (Å²) in [4.78, 5) is 36.5. The number of hydrogen-bond acceptors (Lipinski definition) is 7. The Kier molecular flexibility index (Phi) is 6.66. The Labute approximate surface area is 156 Å². The Balaban J connectivity index is 2.00. The first kappa shape index (κ1) is 20.3. The van der Waals surface area contributed by atoms with Crippen molar-refractivity contribution >= 4 is 29.4 Å². The molecule has 1 aliphatic heterocycles. The molecule has 0 aliphatic carbocycles. The van der Waals surface area contributed by atoms with Gasteiger partial charge in [0.1, 0.15) is 17.4 Å². The molecule has 2 N–H and O–H groups in total. The molecule has 0 aromatic heterocycles. The zero-order chi connectivity index (χ0) is 19.3. The molecule has 142 valence electrons. The summed E-state index contributed by atoms with van der Waals surface area (Å²) in [7, 11) is 1.53. The van der Waals surface area contributed by atoms with E-state index in [1.54, 1.807) is 31.2 Å². The van der Waals surface area contributed by atoms with Gasteiger partial charge in [-0.15, -0.1) is 11.8 Å². The molecule has 1 amide bonds. The minimum absolute atomic E-state index is 0.134. The second-order valence-electron chi connectivity index (χ2n) is 6.06. The molecule has 26 heavy (non-hydrogen) atoms. The van der Waals surface area contributed by atoms with Gasteiger partial charge in [-0.3, -0.25) is 9.59 Å². The van der Waals surface area contributed by atoms with E-state index < -0.39 is 34.6 Å². The van der Waals surface area contributed by atoms with Crippen LogP contribution in [0.3, 0.4) is 0 Å². The van der Waals surface area contributed by atoms with Crippen LogP contribution in [0.1, 0.15) is 25.8 Å². The Bertz CT molecular complexity index is 673. The summed E-state index contributed by atoms with van der Waals surface area (Å²) in [6.45, 7) is 3.34. The second-order valence-corrected chi connectivity index (χ2v) is 7.30. The molecule has 1 heterocycles. The standard InChI is InChI=1S/C18H23NO6S/c1-4-25-17(22)13-10-26-14(16(21)19-13)9-15(20)18(2,23)11-5-7-12(24-3)8-6-11/h5-8,13-14,23H,4,9-10H2,1-3H3,(H,19,21)/t13-,14-,18-/m0/s1. The first-order chi connectivity index (χ1) is 12.3. The van der Waals surface area contributed by atoms with Gasteiger partial charge in [0.15, 0.2) is 5.78 Å². The summed E-state index contributed by atoms with van der Waals surface area (Å²) in [5, 5.41) is 12.6. The zero-order valence-electron chi connectivity index (χ0n) is 15.0. The first-order valence-corrected chi connectivity index (χ1v) is 9.33. The third kappa shape index (κ3) is 4.56. The lowest BCUT2D eigenvalue weighted by Crippen LogP contribution is -2.52. The number of ether oxygens (including phenoxy) is 2. The molecule has 7 nitrogen and oxygen atoms in total. The van der Waals surface area contributed by atoms with Crippen molar-refractivity contribution in [1.82, 2.24) is 5.32 Å². The van der Waals surface area contributed by atoms with E-state index in [-0.39, 0.29) is 13.0 Å². The smallest absolute Gasteiger partial charge is 0.329 e. The van der Waals surface area contributed by atoms with Gasteiger partial charge < -0.3 is 19.9 Å². The second kappa shape index (κ2) is 8.55. The van der Waals surface area contributed by atoms with Crippen molar-refractivity contribution in [2.45, 2.75) is 37.2 Å². The number of benzene rings is 1. The van der Waals surface area contributed by atoms with Gasteiger partial charge in [0.05, 0.1) is 19.0 Å². The molecule has 1 aliphatic rings. The normalized spacial score (nSPS) is 22.1. The summed E-state index contributed by atoms with van der Waals surface area (Å²) >= 11 is 1.21. The number of thioether (sulfide) groups is 1. The Morgan fingerprint density at radius 1 is 1.35 bits per heavy atom. The number of methoxy groups -OCH3 is 1. The Morgan fingerprint density at radius 2 is 2.00 bits per heavy atom. The highest BCUT2D eigenvalue weighted by Gasteiger charge is 2.39. The van der Waals surface area contributed by atoms with Crippen LogP contribution in [0.15, 0.2) is 24.3 Å². The van der Waals surface area contributed by atoms with Crippen LogP contribution in [-0.4, -0.2) is 53.5 Å². The maximum Gasteiger partial charge on any atom is 0.329 e. The number of aliphatic hydroxyl groups is 1. The molecule has 0 radical (unpaired) electrons. The zero-order valence-corrected chi connectivity index (χ0v) is 15.8. The van der Waals surface area contributed by atoms with Crippen molar-refractivity contribution in [2.24, 2.45) is 0 Å². The molecule has 1 fully saturated rings. The predicted molar refractivity (Wildman–Crippen MR) is 97.0 cm³/mol. The van der Waals surface area contributed by atoms with Crippen molar-refractivity contribution in [3.63, 3.8) is 0 Å². The van der Waals surface area contributed by atoms with Gasteiger partial charge in [-0.25, -0.2) is 4.79 Å². The van der Waals surface area contributed by atoms with E-state index in [1.807, 2.05) is 0 Å². The largest absolute Gasteiger partial charge is 0.497 e. The molecule has 3 atom stereocenters. The van der Waals surface area contributed by atoms with E-state index >= 15 is 0 Å². The fourth-order valence-electron chi connectivity index (χ4n) is 2.56. The third-order valence-corrected chi connectivity index (χ3v) is 5.52. The maximum atomic E-state index is 12.6. The van der Waals surface area contributed by atoms with Crippen molar-refractivity contribution in [1.29, 1.82) is 0 Å². The van der Waals surface area contributed by atoms with Crippen LogP contribution in [0.2, 0.25) is 0 Å². The lowest BCUT2D eigenvalue weighted by atomic mass is 9.89. The molecule has 1 saturated heterocycles. The van der Waals surface area contributed by atoms with E-state index in [1.165, 1.54) is 25.8 Å². The number of carbonyl (C=O) groups is 3. The van der Waals surface area contributed by atoms with Crippen LogP contribution in [-0.2, 0) is 24.7 Å². The summed E-state index contributed by atoms with van der Waals surface area (Å²) in [6, 6.07) is 5.83. The molecule has 2 rings (SSSR count). The first-order valence-electron chi connectivity index (χ1n) is 8.28. The van der Waals surface area contributed by atoms with Crippen LogP contribution in [0.5, 0.6) is 5.75 Å². The van der Waals surface area contributed by atoms with Crippen molar-refractivity contribution in [2.75, 3.05) is 19.5 Å². The van der Waals surface area contributed by atoms with E-state index in [9.17, 15) is 19.5 Å². The number of hydrogen-bond donors (Lipinski definition) is 2. The fourth-order valence-corrected chi connectivity index (χ4v) is 3.69. The molecule has 0 bridgehead atoms. The summed E-state index contributed by atoms with van der Waals surface area (Å²) < 4.78 is 9.96. The van der Waals surface area contributed by atoms with Gasteiger partial charge in [-0.05, 0) is 31.5 Å². The number of rotatable bonds is 7. The van der Waals surface area contributed by atoms with Crippen LogP contribution >= 0.6 is 11.8 Å². The molecule has 0 unspecified atom stereocenters. The number of amides is 1. The number of nitrogens with one attached hydrogen (secondary N) is 1. The van der Waals surface area contributed by atoms with Crippen LogP contribution in [0, 0.1) is 0 Å². The number of Topliss-reactive ketones (excluding diaryl/α,β-unsaturated/α-hetero) is 1. The Hall–Kier alpha value is -2.06. The molecular formula is C18H23NO6S. The molecule has 1 aromatic rings. The minimum Gasteiger partial charge on any atom is -0.497 e. The highest BCUT2D eigenvalue weighted by Crippen LogP contribution is 2.29. The molecule has 8 heteroatoms. The third-order valence-electron chi connectivity index (χ3n) is 4.21. The van der Waals surface area contributed by atoms with E-state index in [0.717, 1.165) is 0 Å². The van der Waals surface area contributed by atoms with E-state index in [4.69, 9.17) is 9.47 Å². The van der Waals surface area contributed by atoms with Crippen LogP contribution < -0.4 is 10.1 Å². The SMILES string of the molecule is CCOC(=O)[C@@H]1CS[C@@H](CC(=O)[C@@](C)(O)c2ccc(OC)cc2)C(=O)N1. The molecule has 1 aromatic carbocycles. The average Bonchev–Trinajstić information content (AvgIpc) is 2.63. The van der Waals surface area contributed by atoms with E-state index in [0.29, 0.717) is 17.1 Å². The van der Waals surface area contributed by atoms with Gasteiger partial charge in [-0.2, -0.15) is 0 Å². The van der Waals surface area contributed by atoms with Crippen molar-refractivity contribution in [3.05, 3.63) is 29.8 Å². The lowest BCUT2D eigenvalue weighted by Gasteiger charge is -2.29. The molecule has 0 spiro atoms. The van der Waals surface area contributed by atoms with Gasteiger partial charge >= 0.3 is 5.97 Å². The minimum atomic E-state index is -1.72. The predicted octanol–water partition coefficient (Wildman–Crippen LogP) is 1.03. The van der Waals surface area contributed by atoms with Gasteiger partial charge in [0, 0.05) is 12.2 Å². The monoisotopic (exact) mass is 381 g/mol. The van der Waals surface area contributed by atoms with Gasteiger partial charge in [0.2, 0.25) is 5.91 Å². The van der Waals surface area contributed by atoms with Gasteiger partial charge in [0.25, 0.3) is 0 Å². The lowest BCUT2D eigenvalue weighted by molar-refractivity contribution is -0.147. The topological polar surface area (TPSA) is 102 Å². The van der Waals surface area contributed by atoms with Crippen LogP contribution in [0.4, 0.5) is 0 Å². The molecular weight excluding hydrogens is 358 g/mol. The highest BCUT2D eigenvalue weighted by atomic mass is 32.2. The van der Waals surface area contributed by atoms with Crippen LogP contribution in [0.25, 0.3) is 0 Å².